The first-order valence-electron chi connectivity index (χ1n) is 6.38. The largest absolute Gasteiger partial charge is 0.477 e. The van der Waals surface area contributed by atoms with Crippen LogP contribution in [0, 0.1) is 5.92 Å². The Balaban J connectivity index is 1.93. The number of rotatable bonds is 4. The van der Waals surface area contributed by atoms with Gasteiger partial charge in [0.2, 0.25) is 5.91 Å². The van der Waals surface area contributed by atoms with Gasteiger partial charge in [-0.3, -0.25) is 4.79 Å². The fraction of sp³-hybridized carbons (Fsp3) is 0.200. The molecule has 5 heteroatoms. The Morgan fingerprint density at radius 1 is 1.20 bits per heavy atom. The molecule has 0 atom stereocenters. The monoisotopic (exact) mass is 287 g/mol. The molecule has 1 fully saturated rings. The summed E-state index contributed by atoms with van der Waals surface area (Å²) in [4.78, 5) is 24.1. The summed E-state index contributed by atoms with van der Waals surface area (Å²) in [5.74, 6) is -1.04. The van der Waals surface area contributed by atoms with Gasteiger partial charge in [-0.05, 0) is 24.5 Å². The van der Waals surface area contributed by atoms with Crippen molar-refractivity contribution in [2.45, 2.75) is 12.8 Å². The molecular weight excluding hydrogens is 274 g/mol. The number of hydrogen-bond donors (Lipinski definition) is 2. The first kappa shape index (κ1) is 12.9. The smallest absolute Gasteiger partial charge is 0.348 e. The summed E-state index contributed by atoms with van der Waals surface area (Å²) in [5.41, 5.74) is 1.35. The maximum absolute atomic E-state index is 11.8. The first-order valence-corrected chi connectivity index (χ1v) is 7.20. The lowest BCUT2D eigenvalue weighted by atomic mass is 10.2. The van der Waals surface area contributed by atoms with Crippen LogP contribution in [0.1, 0.15) is 22.5 Å². The molecule has 3 rings (SSSR count). The topological polar surface area (TPSA) is 66.4 Å². The minimum atomic E-state index is -1.01. The predicted octanol–water partition coefficient (Wildman–Crippen LogP) is 3.46. The van der Waals surface area contributed by atoms with Gasteiger partial charge >= 0.3 is 5.97 Å². The molecule has 1 heterocycles. The molecule has 4 nitrogen and oxygen atoms in total. The summed E-state index contributed by atoms with van der Waals surface area (Å²) in [6.45, 7) is 0. The Kier molecular flexibility index (Phi) is 3.28. The molecule has 1 amide bonds. The van der Waals surface area contributed by atoms with Crippen molar-refractivity contribution in [1.82, 2.24) is 0 Å². The Hall–Kier alpha value is -2.14. The van der Waals surface area contributed by atoms with E-state index in [0.29, 0.717) is 5.69 Å². The van der Waals surface area contributed by atoms with Crippen molar-refractivity contribution < 1.29 is 14.7 Å². The van der Waals surface area contributed by atoms with Crippen molar-refractivity contribution in [3.05, 3.63) is 41.3 Å². The molecule has 0 spiro atoms. The molecule has 20 heavy (non-hydrogen) atoms. The zero-order valence-electron chi connectivity index (χ0n) is 10.6. The number of aromatic carboxylic acids is 1. The zero-order valence-corrected chi connectivity index (χ0v) is 11.4. The van der Waals surface area contributed by atoms with Crippen LogP contribution in [0.5, 0.6) is 0 Å². The van der Waals surface area contributed by atoms with Crippen molar-refractivity contribution >= 4 is 28.9 Å². The third-order valence-electron chi connectivity index (χ3n) is 3.19. The molecule has 2 N–H and O–H groups in total. The van der Waals surface area contributed by atoms with Crippen LogP contribution >= 0.6 is 11.3 Å². The van der Waals surface area contributed by atoms with Gasteiger partial charge < -0.3 is 10.4 Å². The van der Waals surface area contributed by atoms with Crippen LogP contribution < -0.4 is 5.32 Å². The maximum atomic E-state index is 11.8. The Labute approximate surface area is 120 Å². The number of carboxylic acids is 1. The van der Waals surface area contributed by atoms with E-state index in [1.54, 1.807) is 6.07 Å². The Morgan fingerprint density at radius 3 is 2.50 bits per heavy atom. The van der Waals surface area contributed by atoms with Crippen molar-refractivity contribution in [1.29, 1.82) is 0 Å². The van der Waals surface area contributed by atoms with E-state index in [1.165, 1.54) is 11.3 Å². The molecule has 0 saturated heterocycles. The summed E-state index contributed by atoms with van der Waals surface area (Å²) < 4.78 is 0. The van der Waals surface area contributed by atoms with Crippen LogP contribution in [-0.2, 0) is 4.79 Å². The van der Waals surface area contributed by atoms with Gasteiger partial charge in [0.05, 0.1) is 5.69 Å². The van der Waals surface area contributed by atoms with Crippen molar-refractivity contribution in [2.75, 3.05) is 5.32 Å². The summed E-state index contributed by atoms with van der Waals surface area (Å²) in [6, 6.07) is 11.3. The first-order chi connectivity index (χ1) is 9.65. The molecule has 1 aliphatic carbocycles. The number of thiophene rings is 1. The minimum Gasteiger partial charge on any atom is -0.477 e. The standard InChI is InChI=1S/C15H13NO3S/c17-14(10-6-7-10)16-11-8-12(20-13(11)15(18)19)9-4-2-1-3-5-9/h1-5,8,10H,6-7H2,(H,16,17)(H,18,19). The molecule has 1 aromatic heterocycles. The lowest BCUT2D eigenvalue weighted by Gasteiger charge is -2.02. The van der Waals surface area contributed by atoms with E-state index in [0.717, 1.165) is 23.3 Å². The van der Waals surface area contributed by atoms with Gasteiger partial charge in [-0.1, -0.05) is 30.3 Å². The highest BCUT2D eigenvalue weighted by atomic mass is 32.1. The highest BCUT2D eigenvalue weighted by Crippen LogP contribution is 2.36. The number of hydrogen-bond acceptors (Lipinski definition) is 3. The summed E-state index contributed by atoms with van der Waals surface area (Å²) >= 11 is 1.18. The number of anilines is 1. The van der Waals surface area contributed by atoms with Crippen LogP contribution in [0.3, 0.4) is 0 Å². The van der Waals surface area contributed by atoms with Crippen molar-refractivity contribution in [3.63, 3.8) is 0 Å². The van der Waals surface area contributed by atoms with Crippen LogP contribution in [0.25, 0.3) is 10.4 Å². The molecule has 102 valence electrons. The quantitative estimate of drug-likeness (QED) is 0.905. The van der Waals surface area contributed by atoms with Crippen LogP contribution in [-0.4, -0.2) is 17.0 Å². The predicted molar refractivity (Wildman–Crippen MR) is 78.1 cm³/mol. The van der Waals surface area contributed by atoms with Gasteiger partial charge in [-0.25, -0.2) is 4.79 Å². The number of amides is 1. The van der Waals surface area contributed by atoms with Crippen LogP contribution in [0.15, 0.2) is 36.4 Å². The fourth-order valence-electron chi connectivity index (χ4n) is 1.97. The SMILES string of the molecule is O=C(O)c1sc(-c2ccccc2)cc1NC(=O)C1CC1. The second-order valence-corrected chi connectivity index (χ2v) is 5.84. The molecule has 0 radical (unpaired) electrons. The maximum Gasteiger partial charge on any atom is 0.348 e. The highest BCUT2D eigenvalue weighted by Gasteiger charge is 2.30. The number of nitrogens with one attached hydrogen (secondary N) is 1. The van der Waals surface area contributed by atoms with E-state index in [9.17, 15) is 14.7 Å². The van der Waals surface area contributed by atoms with Crippen molar-refractivity contribution in [2.24, 2.45) is 5.92 Å². The Bertz CT molecular complexity index is 659. The van der Waals surface area contributed by atoms with E-state index in [4.69, 9.17) is 0 Å². The second kappa shape index (κ2) is 5.09. The van der Waals surface area contributed by atoms with Gasteiger partial charge in [0.25, 0.3) is 0 Å². The van der Waals surface area contributed by atoms with Crippen molar-refractivity contribution in [3.8, 4) is 10.4 Å². The average Bonchev–Trinajstić information content (AvgIpc) is 3.21. The molecular formula is C15H13NO3S. The lowest BCUT2D eigenvalue weighted by molar-refractivity contribution is -0.117. The van der Waals surface area contributed by atoms with Gasteiger partial charge in [-0.2, -0.15) is 0 Å². The summed E-state index contributed by atoms with van der Waals surface area (Å²) in [7, 11) is 0. The van der Waals surface area contributed by atoms with Gasteiger partial charge in [0.1, 0.15) is 4.88 Å². The molecule has 0 aliphatic heterocycles. The number of carbonyl (C=O) groups excluding carboxylic acids is 1. The third-order valence-corrected chi connectivity index (χ3v) is 4.36. The van der Waals surface area contributed by atoms with Gasteiger partial charge in [0.15, 0.2) is 0 Å². The number of carbonyl (C=O) groups is 2. The van der Waals surface area contributed by atoms with E-state index in [1.807, 2.05) is 30.3 Å². The van der Waals surface area contributed by atoms with Crippen LogP contribution in [0.2, 0.25) is 0 Å². The number of benzene rings is 1. The average molecular weight is 287 g/mol. The fourth-order valence-corrected chi connectivity index (χ4v) is 2.93. The van der Waals surface area contributed by atoms with E-state index in [-0.39, 0.29) is 16.7 Å². The van der Waals surface area contributed by atoms with E-state index < -0.39 is 5.97 Å². The molecule has 1 aromatic carbocycles. The van der Waals surface area contributed by atoms with Gasteiger partial charge in [-0.15, -0.1) is 11.3 Å². The molecule has 0 bridgehead atoms. The molecule has 2 aromatic rings. The lowest BCUT2D eigenvalue weighted by Crippen LogP contribution is -2.14. The molecule has 0 unspecified atom stereocenters. The third kappa shape index (κ3) is 2.58. The summed E-state index contributed by atoms with van der Waals surface area (Å²) in [5, 5.41) is 12.0. The minimum absolute atomic E-state index is 0.0525. The zero-order chi connectivity index (χ0) is 14.1. The van der Waals surface area contributed by atoms with E-state index >= 15 is 0 Å². The second-order valence-electron chi connectivity index (χ2n) is 4.79. The van der Waals surface area contributed by atoms with Gasteiger partial charge in [0, 0.05) is 10.8 Å². The highest BCUT2D eigenvalue weighted by molar-refractivity contribution is 7.18. The number of carboxylic acid groups (broad SMARTS) is 1. The normalized spacial score (nSPS) is 14.0. The van der Waals surface area contributed by atoms with E-state index in [2.05, 4.69) is 5.32 Å². The van der Waals surface area contributed by atoms with Crippen LogP contribution in [0.4, 0.5) is 5.69 Å². The summed E-state index contributed by atoms with van der Waals surface area (Å²) in [6.07, 6.45) is 1.79. The molecule has 1 saturated carbocycles. The molecule has 1 aliphatic rings. The Morgan fingerprint density at radius 2 is 1.90 bits per heavy atom.